The summed E-state index contributed by atoms with van der Waals surface area (Å²) in [4.78, 5) is 13.9. The summed E-state index contributed by atoms with van der Waals surface area (Å²) in [5, 5.41) is 6.80. The lowest BCUT2D eigenvalue weighted by atomic mass is 10.1. The average Bonchev–Trinajstić information content (AvgIpc) is 2.77. The Morgan fingerprint density at radius 1 is 1.43 bits per heavy atom. The number of methoxy groups -OCH3 is 1. The van der Waals surface area contributed by atoms with E-state index in [1.807, 2.05) is 0 Å². The van der Waals surface area contributed by atoms with Crippen molar-refractivity contribution in [1.29, 1.82) is 0 Å². The fraction of sp³-hybridized carbons (Fsp3) is 0.333. The molecule has 0 unspecified atom stereocenters. The van der Waals surface area contributed by atoms with E-state index in [9.17, 15) is 9.18 Å². The molecule has 1 aromatic heterocycles. The number of halogens is 1. The van der Waals surface area contributed by atoms with Crippen LogP contribution in [0.1, 0.15) is 27.3 Å². The Morgan fingerprint density at radius 3 is 2.67 bits per heavy atom. The lowest BCUT2D eigenvalue weighted by Gasteiger charge is -2.18. The second-order valence-electron chi connectivity index (χ2n) is 4.94. The number of nitrogens with one attached hydrogen (secondary N) is 1. The van der Waals surface area contributed by atoms with Crippen molar-refractivity contribution in [3.05, 3.63) is 46.5 Å². The molecule has 0 aliphatic rings. The average molecular weight is 291 g/mol. The van der Waals surface area contributed by atoms with Gasteiger partial charge in [0, 0.05) is 19.3 Å². The maximum Gasteiger partial charge on any atom is 0.257 e. The molecule has 2 rings (SSSR count). The zero-order valence-electron chi connectivity index (χ0n) is 12.5. The monoisotopic (exact) mass is 291 g/mol. The van der Waals surface area contributed by atoms with E-state index in [0.29, 0.717) is 23.4 Å². The number of hydrogen-bond acceptors (Lipinski definition) is 3. The molecule has 2 aromatic rings. The molecular weight excluding hydrogens is 273 g/mol. The van der Waals surface area contributed by atoms with Gasteiger partial charge in [0.25, 0.3) is 5.91 Å². The third-order valence-corrected chi connectivity index (χ3v) is 3.32. The Labute approximate surface area is 122 Å². The van der Waals surface area contributed by atoms with Gasteiger partial charge >= 0.3 is 0 Å². The number of carbonyl (C=O) groups excluding carboxylic acids is 1. The SMILES string of the molecule is COc1ccc(CN(C)C(=O)c2c(C)n[nH]c2C)cc1F. The van der Waals surface area contributed by atoms with Gasteiger partial charge in [-0.3, -0.25) is 9.89 Å². The van der Waals surface area contributed by atoms with Crippen LogP contribution in [-0.2, 0) is 6.54 Å². The van der Waals surface area contributed by atoms with Gasteiger partial charge in [-0.1, -0.05) is 6.07 Å². The Morgan fingerprint density at radius 2 is 2.14 bits per heavy atom. The van der Waals surface area contributed by atoms with Crippen LogP contribution in [0, 0.1) is 19.7 Å². The van der Waals surface area contributed by atoms with Gasteiger partial charge in [-0.15, -0.1) is 0 Å². The van der Waals surface area contributed by atoms with Crippen LogP contribution in [0.4, 0.5) is 4.39 Å². The van der Waals surface area contributed by atoms with Crippen molar-refractivity contribution in [2.45, 2.75) is 20.4 Å². The van der Waals surface area contributed by atoms with Gasteiger partial charge in [-0.2, -0.15) is 5.10 Å². The van der Waals surface area contributed by atoms with Crippen molar-refractivity contribution >= 4 is 5.91 Å². The van der Waals surface area contributed by atoms with E-state index in [0.717, 1.165) is 5.69 Å². The lowest BCUT2D eigenvalue weighted by Crippen LogP contribution is -2.27. The Balaban J connectivity index is 2.16. The number of rotatable bonds is 4. The summed E-state index contributed by atoms with van der Waals surface area (Å²) in [6.07, 6.45) is 0. The second-order valence-corrected chi connectivity index (χ2v) is 4.94. The van der Waals surface area contributed by atoms with Crippen LogP contribution in [0.5, 0.6) is 5.75 Å². The Kier molecular flexibility index (Phi) is 4.26. The highest BCUT2D eigenvalue weighted by atomic mass is 19.1. The molecule has 1 heterocycles. The van der Waals surface area contributed by atoms with Crippen LogP contribution >= 0.6 is 0 Å². The number of aromatic nitrogens is 2. The van der Waals surface area contributed by atoms with Crippen LogP contribution < -0.4 is 4.74 Å². The molecule has 0 spiro atoms. The van der Waals surface area contributed by atoms with E-state index in [1.165, 1.54) is 18.1 Å². The number of benzene rings is 1. The number of ether oxygens (including phenoxy) is 1. The topological polar surface area (TPSA) is 58.2 Å². The van der Waals surface area contributed by atoms with E-state index in [2.05, 4.69) is 10.2 Å². The molecule has 0 saturated heterocycles. The van der Waals surface area contributed by atoms with Crippen LogP contribution in [-0.4, -0.2) is 35.2 Å². The van der Waals surface area contributed by atoms with E-state index in [1.54, 1.807) is 33.0 Å². The zero-order valence-corrected chi connectivity index (χ0v) is 12.5. The standard InChI is InChI=1S/C15H18FN3O2/c1-9-14(10(2)18-17-9)15(20)19(3)8-11-5-6-13(21-4)12(16)7-11/h5-7H,8H2,1-4H3,(H,17,18). The first kappa shape index (κ1) is 15.0. The van der Waals surface area contributed by atoms with Crippen molar-refractivity contribution in [2.24, 2.45) is 0 Å². The molecule has 0 aliphatic heterocycles. The normalized spacial score (nSPS) is 10.5. The molecule has 0 saturated carbocycles. The zero-order chi connectivity index (χ0) is 15.6. The van der Waals surface area contributed by atoms with Crippen LogP contribution in [0.15, 0.2) is 18.2 Å². The molecule has 0 fully saturated rings. The Bertz CT molecular complexity index is 647. The second kappa shape index (κ2) is 5.95. The minimum absolute atomic E-state index is 0.144. The predicted octanol–water partition coefficient (Wildman–Crippen LogP) is 2.45. The summed E-state index contributed by atoms with van der Waals surface area (Å²) in [6.45, 7) is 3.88. The van der Waals surface area contributed by atoms with E-state index >= 15 is 0 Å². The summed E-state index contributed by atoms with van der Waals surface area (Å²) in [5.74, 6) is -0.393. The number of carbonyl (C=O) groups is 1. The molecule has 0 atom stereocenters. The van der Waals surface area contributed by atoms with Gasteiger partial charge in [-0.25, -0.2) is 4.39 Å². The predicted molar refractivity (Wildman–Crippen MR) is 76.8 cm³/mol. The summed E-state index contributed by atoms with van der Waals surface area (Å²) in [5.41, 5.74) is 2.64. The maximum atomic E-state index is 13.7. The van der Waals surface area contributed by atoms with Gasteiger partial charge in [0.2, 0.25) is 0 Å². The van der Waals surface area contributed by atoms with Crippen LogP contribution in [0.25, 0.3) is 0 Å². The summed E-state index contributed by atoms with van der Waals surface area (Å²) < 4.78 is 18.5. The highest BCUT2D eigenvalue weighted by Crippen LogP contribution is 2.19. The van der Waals surface area contributed by atoms with Gasteiger partial charge in [0.05, 0.1) is 18.4 Å². The molecule has 0 radical (unpaired) electrons. The van der Waals surface area contributed by atoms with Crippen molar-refractivity contribution in [3.63, 3.8) is 0 Å². The van der Waals surface area contributed by atoms with Crippen LogP contribution in [0.2, 0.25) is 0 Å². The first-order valence-corrected chi connectivity index (χ1v) is 6.53. The molecule has 21 heavy (non-hydrogen) atoms. The molecule has 0 aliphatic carbocycles. The summed E-state index contributed by atoms with van der Waals surface area (Å²) in [7, 11) is 3.09. The van der Waals surface area contributed by atoms with E-state index in [4.69, 9.17) is 4.74 Å². The molecule has 6 heteroatoms. The largest absolute Gasteiger partial charge is 0.494 e. The van der Waals surface area contributed by atoms with E-state index < -0.39 is 5.82 Å². The summed E-state index contributed by atoms with van der Waals surface area (Å²) >= 11 is 0. The van der Waals surface area contributed by atoms with Gasteiger partial charge in [0.15, 0.2) is 11.6 Å². The first-order valence-electron chi connectivity index (χ1n) is 6.53. The number of aromatic amines is 1. The first-order chi connectivity index (χ1) is 9.93. The minimum atomic E-state index is -0.438. The molecule has 1 amide bonds. The van der Waals surface area contributed by atoms with Crippen molar-refractivity contribution < 1.29 is 13.9 Å². The number of nitrogens with zero attached hydrogens (tertiary/aromatic N) is 2. The van der Waals surface area contributed by atoms with Gasteiger partial charge < -0.3 is 9.64 Å². The molecule has 1 aromatic carbocycles. The molecular formula is C15H18FN3O2. The summed E-state index contributed by atoms with van der Waals surface area (Å²) in [6, 6.07) is 4.66. The van der Waals surface area contributed by atoms with Crippen LogP contribution in [0.3, 0.4) is 0 Å². The fourth-order valence-corrected chi connectivity index (χ4v) is 2.21. The highest BCUT2D eigenvalue weighted by molar-refractivity contribution is 5.96. The van der Waals surface area contributed by atoms with Gasteiger partial charge in [-0.05, 0) is 31.5 Å². The Hall–Kier alpha value is -2.37. The number of amides is 1. The van der Waals surface area contributed by atoms with Crippen molar-refractivity contribution in [2.75, 3.05) is 14.2 Å². The number of H-pyrrole nitrogens is 1. The smallest absolute Gasteiger partial charge is 0.257 e. The molecule has 5 nitrogen and oxygen atoms in total. The lowest BCUT2D eigenvalue weighted by molar-refractivity contribution is 0.0783. The minimum Gasteiger partial charge on any atom is -0.494 e. The highest BCUT2D eigenvalue weighted by Gasteiger charge is 2.19. The third kappa shape index (κ3) is 3.04. The third-order valence-electron chi connectivity index (χ3n) is 3.32. The van der Waals surface area contributed by atoms with Crippen molar-refractivity contribution in [3.8, 4) is 5.75 Å². The number of hydrogen-bond donors (Lipinski definition) is 1. The fourth-order valence-electron chi connectivity index (χ4n) is 2.21. The quantitative estimate of drug-likeness (QED) is 0.941. The van der Waals surface area contributed by atoms with Gasteiger partial charge in [0.1, 0.15) is 0 Å². The molecule has 1 N–H and O–H groups in total. The molecule has 0 bridgehead atoms. The van der Waals surface area contributed by atoms with E-state index in [-0.39, 0.29) is 11.7 Å². The molecule has 112 valence electrons. The maximum absolute atomic E-state index is 13.7. The van der Waals surface area contributed by atoms with Crippen molar-refractivity contribution in [1.82, 2.24) is 15.1 Å². The number of aryl methyl sites for hydroxylation is 2.